The molecular weight excluding hydrogens is 156 g/mol. The van der Waals surface area contributed by atoms with Crippen molar-refractivity contribution in [3.8, 4) is 0 Å². The van der Waals surface area contributed by atoms with Crippen molar-refractivity contribution in [1.82, 2.24) is 0 Å². The van der Waals surface area contributed by atoms with E-state index in [-0.39, 0.29) is 0 Å². The maximum Gasteiger partial charge on any atom is -0.0329 e. The van der Waals surface area contributed by atoms with Gasteiger partial charge in [0.15, 0.2) is 0 Å². The van der Waals surface area contributed by atoms with Gasteiger partial charge in [0.2, 0.25) is 0 Å². The molecule has 13 heavy (non-hydrogen) atoms. The Labute approximate surface area is 85.1 Å². The standard InChI is InChI=1S/C13H28/c1-8-11(4)12(5)9-13(6,7)10(2)3/h10-12H,8-9H2,1-7H3. The van der Waals surface area contributed by atoms with Crippen LogP contribution in [0.4, 0.5) is 0 Å². The van der Waals surface area contributed by atoms with Crippen LogP contribution < -0.4 is 0 Å². The largest absolute Gasteiger partial charge is 0.0651 e. The molecule has 0 bridgehead atoms. The summed E-state index contributed by atoms with van der Waals surface area (Å²) in [5.41, 5.74) is 0.503. The fourth-order valence-electron chi connectivity index (χ4n) is 1.67. The van der Waals surface area contributed by atoms with Crippen LogP contribution in [-0.4, -0.2) is 0 Å². The zero-order valence-electron chi connectivity index (χ0n) is 10.6. The highest BCUT2D eigenvalue weighted by Crippen LogP contribution is 2.36. The van der Waals surface area contributed by atoms with Gasteiger partial charge in [0.05, 0.1) is 0 Å². The molecule has 0 spiro atoms. The highest BCUT2D eigenvalue weighted by molar-refractivity contribution is 4.76. The first-order chi connectivity index (χ1) is 5.81. The molecule has 0 saturated carbocycles. The summed E-state index contributed by atoms with van der Waals surface area (Å²) in [4.78, 5) is 0. The highest BCUT2D eigenvalue weighted by Gasteiger charge is 2.26. The molecule has 0 rings (SSSR count). The molecule has 0 heteroatoms. The van der Waals surface area contributed by atoms with E-state index in [0.717, 1.165) is 17.8 Å². The van der Waals surface area contributed by atoms with Crippen LogP contribution in [0.5, 0.6) is 0 Å². The monoisotopic (exact) mass is 184 g/mol. The van der Waals surface area contributed by atoms with E-state index < -0.39 is 0 Å². The van der Waals surface area contributed by atoms with Crippen molar-refractivity contribution in [3.05, 3.63) is 0 Å². The maximum absolute atomic E-state index is 2.40. The summed E-state index contributed by atoms with van der Waals surface area (Å²) in [6.45, 7) is 16.5. The van der Waals surface area contributed by atoms with E-state index in [0.29, 0.717) is 5.41 Å². The van der Waals surface area contributed by atoms with Crippen molar-refractivity contribution < 1.29 is 0 Å². The molecule has 0 aromatic heterocycles. The molecule has 2 atom stereocenters. The van der Waals surface area contributed by atoms with Crippen LogP contribution in [0.1, 0.15) is 61.3 Å². The van der Waals surface area contributed by atoms with Crippen LogP contribution in [0, 0.1) is 23.2 Å². The lowest BCUT2D eigenvalue weighted by atomic mass is 9.72. The lowest BCUT2D eigenvalue weighted by Gasteiger charge is -2.34. The Morgan fingerprint density at radius 3 is 1.69 bits per heavy atom. The summed E-state index contributed by atoms with van der Waals surface area (Å²) >= 11 is 0. The first-order valence-electron chi connectivity index (χ1n) is 5.81. The Morgan fingerprint density at radius 2 is 1.38 bits per heavy atom. The molecule has 0 amide bonds. The Bertz CT molecular complexity index is 133. The van der Waals surface area contributed by atoms with Gasteiger partial charge in [-0.15, -0.1) is 0 Å². The molecule has 0 radical (unpaired) electrons. The fourth-order valence-corrected chi connectivity index (χ4v) is 1.67. The van der Waals surface area contributed by atoms with Gasteiger partial charge >= 0.3 is 0 Å². The summed E-state index contributed by atoms with van der Waals surface area (Å²) in [6.07, 6.45) is 2.68. The average Bonchev–Trinajstić information content (AvgIpc) is 2.01. The molecule has 0 aliphatic rings. The topological polar surface area (TPSA) is 0 Å². The number of hydrogen-bond donors (Lipinski definition) is 0. The van der Waals surface area contributed by atoms with E-state index in [4.69, 9.17) is 0 Å². The molecular formula is C13H28. The molecule has 0 N–H and O–H groups in total. The van der Waals surface area contributed by atoms with Crippen molar-refractivity contribution in [1.29, 1.82) is 0 Å². The van der Waals surface area contributed by atoms with E-state index in [2.05, 4.69) is 48.5 Å². The van der Waals surface area contributed by atoms with Gasteiger partial charge in [0.1, 0.15) is 0 Å². The lowest BCUT2D eigenvalue weighted by molar-refractivity contribution is 0.165. The number of hydrogen-bond acceptors (Lipinski definition) is 0. The summed E-state index contributed by atoms with van der Waals surface area (Å²) in [6, 6.07) is 0. The predicted molar refractivity (Wildman–Crippen MR) is 61.9 cm³/mol. The average molecular weight is 184 g/mol. The van der Waals surface area contributed by atoms with Crippen LogP contribution in [-0.2, 0) is 0 Å². The predicted octanol–water partition coefficient (Wildman–Crippen LogP) is 4.74. The third kappa shape index (κ3) is 4.15. The first kappa shape index (κ1) is 13.0. The van der Waals surface area contributed by atoms with Crippen LogP contribution in [0.25, 0.3) is 0 Å². The van der Waals surface area contributed by atoms with Crippen LogP contribution in [0.2, 0.25) is 0 Å². The number of rotatable bonds is 5. The summed E-state index contributed by atoms with van der Waals surface area (Å²) in [5.74, 6) is 2.53. The molecule has 0 heterocycles. The highest BCUT2D eigenvalue weighted by atomic mass is 14.3. The molecule has 0 saturated heterocycles. The zero-order valence-corrected chi connectivity index (χ0v) is 10.6. The minimum atomic E-state index is 0.503. The van der Waals surface area contributed by atoms with Gasteiger partial charge in [0, 0.05) is 0 Å². The molecule has 0 fully saturated rings. The van der Waals surface area contributed by atoms with Gasteiger partial charge in [-0.1, -0.05) is 54.9 Å². The quantitative estimate of drug-likeness (QED) is 0.579. The molecule has 0 aromatic rings. The second kappa shape index (κ2) is 5.02. The van der Waals surface area contributed by atoms with Crippen molar-refractivity contribution in [2.24, 2.45) is 23.2 Å². The zero-order chi connectivity index (χ0) is 10.6. The van der Waals surface area contributed by atoms with Crippen LogP contribution in [0.15, 0.2) is 0 Å². The van der Waals surface area contributed by atoms with E-state index >= 15 is 0 Å². The van der Waals surface area contributed by atoms with Gasteiger partial charge in [-0.25, -0.2) is 0 Å². The van der Waals surface area contributed by atoms with Gasteiger partial charge in [0.25, 0.3) is 0 Å². The Morgan fingerprint density at radius 1 is 0.923 bits per heavy atom. The third-order valence-electron chi connectivity index (χ3n) is 4.03. The minimum Gasteiger partial charge on any atom is -0.0651 e. The second-order valence-corrected chi connectivity index (χ2v) is 5.71. The third-order valence-corrected chi connectivity index (χ3v) is 4.03. The van der Waals surface area contributed by atoms with Crippen molar-refractivity contribution in [2.75, 3.05) is 0 Å². The smallest absolute Gasteiger partial charge is 0.0329 e. The van der Waals surface area contributed by atoms with Crippen LogP contribution in [0.3, 0.4) is 0 Å². The SMILES string of the molecule is CCC(C)C(C)CC(C)(C)C(C)C. The molecule has 0 nitrogen and oxygen atoms in total. The molecule has 0 aromatic carbocycles. The molecule has 0 aliphatic carbocycles. The van der Waals surface area contributed by atoms with Crippen LogP contribution >= 0.6 is 0 Å². The second-order valence-electron chi connectivity index (χ2n) is 5.71. The molecule has 0 aliphatic heterocycles. The van der Waals surface area contributed by atoms with Gasteiger partial charge in [-0.3, -0.25) is 0 Å². The molecule has 80 valence electrons. The molecule has 2 unspecified atom stereocenters. The first-order valence-corrected chi connectivity index (χ1v) is 5.81. The Hall–Kier alpha value is 0. The fraction of sp³-hybridized carbons (Fsp3) is 1.00. The van der Waals surface area contributed by atoms with E-state index in [1.165, 1.54) is 12.8 Å². The van der Waals surface area contributed by atoms with E-state index in [1.54, 1.807) is 0 Å². The van der Waals surface area contributed by atoms with Gasteiger partial charge in [-0.2, -0.15) is 0 Å². The summed E-state index contributed by atoms with van der Waals surface area (Å²) in [7, 11) is 0. The lowest BCUT2D eigenvalue weighted by Crippen LogP contribution is -2.24. The van der Waals surface area contributed by atoms with Crippen molar-refractivity contribution >= 4 is 0 Å². The van der Waals surface area contributed by atoms with E-state index in [9.17, 15) is 0 Å². The van der Waals surface area contributed by atoms with Crippen molar-refractivity contribution in [3.63, 3.8) is 0 Å². The Balaban J connectivity index is 4.11. The summed E-state index contributed by atoms with van der Waals surface area (Å²) in [5, 5.41) is 0. The normalized spacial score (nSPS) is 17.5. The van der Waals surface area contributed by atoms with Crippen molar-refractivity contribution in [2.45, 2.75) is 61.3 Å². The van der Waals surface area contributed by atoms with E-state index in [1.807, 2.05) is 0 Å². The maximum atomic E-state index is 2.40. The van der Waals surface area contributed by atoms with Gasteiger partial charge < -0.3 is 0 Å². The summed E-state index contributed by atoms with van der Waals surface area (Å²) < 4.78 is 0. The minimum absolute atomic E-state index is 0.503. The van der Waals surface area contributed by atoms with Gasteiger partial charge in [-0.05, 0) is 29.6 Å². The Kier molecular flexibility index (Phi) is 5.02.